The molecule has 2 aromatic rings. The molecular weight excluding hydrogens is 639 g/mol. The van der Waals surface area contributed by atoms with Crippen LogP contribution in [0.1, 0.15) is 74.9 Å². The van der Waals surface area contributed by atoms with Gasteiger partial charge in [-0.25, -0.2) is 0 Å². The van der Waals surface area contributed by atoms with Gasteiger partial charge in [0.1, 0.15) is 5.75 Å². The Hall–Kier alpha value is -2.96. The summed E-state index contributed by atoms with van der Waals surface area (Å²) in [5.41, 5.74) is -1.85. The van der Waals surface area contributed by atoms with E-state index in [0.717, 1.165) is 12.8 Å². The first-order valence-electron chi connectivity index (χ1n) is 17.4. The van der Waals surface area contributed by atoms with E-state index in [-0.39, 0.29) is 54.2 Å². The monoisotopic (exact) mass is 685 g/mol. The summed E-state index contributed by atoms with van der Waals surface area (Å²) in [4.78, 5) is 16.3. The Morgan fingerprint density at radius 1 is 1.04 bits per heavy atom. The van der Waals surface area contributed by atoms with Gasteiger partial charge in [-0.05, 0) is 92.0 Å². The molecule has 3 fully saturated rings. The van der Waals surface area contributed by atoms with Crippen molar-refractivity contribution in [3.63, 3.8) is 0 Å². The lowest BCUT2D eigenvalue weighted by molar-refractivity contribution is -0.274. The van der Waals surface area contributed by atoms with Crippen molar-refractivity contribution >= 4 is 5.78 Å². The number of hydrogen-bond donors (Lipinski definition) is 4. The van der Waals surface area contributed by atoms with Gasteiger partial charge in [-0.1, -0.05) is 44.2 Å². The lowest BCUT2D eigenvalue weighted by Crippen LogP contribution is -2.67. The Kier molecular flexibility index (Phi) is 8.31. The number of carbonyl (C=O) groups is 1. The molecule has 8 nitrogen and oxygen atoms in total. The Labute approximate surface area is 284 Å². The molecule has 0 aliphatic heterocycles. The Morgan fingerprint density at radius 2 is 1.73 bits per heavy atom. The van der Waals surface area contributed by atoms with Crippen molar-refractivity contribution in [1.29, 1.82) is 0 Å². The van der Waals surface area contributed by atoms with Gasteiger partial charge in [-0.15, -0.1) is 13.2 Å². The van der Waals surface area contributed by atoms with Crippen LogP contribution < -0.4 is 4.74 Å². The fourth-order valence-electron chi connectivity index (χ4n) is 11.1. The summed E-state index contributed by atoms with van der Waals surface area (Å²) in [5.74, 6) is -0.223. The van der Waals surface area contributed by atoms with Gasteiger partial charge < -0.3 is 29.6 Å². The van der Waals surface area contributed by atoms with Crippen LogP contribution in [0.15, 0.2) is 70.9 Å². The highest BCUT2D eigenvalue weighted by molar-refractivity contribution is 6.08. The van der Waals surface area contributed by atoms with E-state index in [1.165, 1.54) is 30.5 Å². The lowest BCUT2D eigenvalue weighted by atomic mass is 9.32. The molecule has 1 unspecified atom stereocenters. The van der Waals surface area contributed by atoms with Crippen molar-refractivity contribution in [2.24, 2.45) is 33.5 Å². The third kappa shape index (κ3) is 5.34. The number of benzene rings is 1. The van der Waals surface area contributed by atoms with Crippen LogP contribution in [0, 0.1) is 33.5 Å². The third-order valence-electron chi connectivity index (χ3n) is 13.4. The number of nitrogens with zero attached hydrogens (tertiary/aromatic N) is 1. The Bertz CT molecular complexity index is 1620. The summed E-state index contributed by atoms with van der Waals surface area (Å²) < 4.78 is 47.9. The normalized spacial score (nSPS) is 38.5. The molecule has 0 saturated heterocycles. The molecule has 3 saturated carbocycles. The number of ether oxygens (including phenoxy) is 1. The molecule has 6 aliphatic rings. The van der Waals surface area contributed by atoms with Crippen LogP contribution in [-0.4, -0.2) is 75.0 Å². The molecule has 2 spiro atoms. The number of ketones is 1. The van der Waals surface area contributed by atoms with Crippen LogP contribution in [0.25, 0.3) is 0 Å². The summed E-state index contributed by atoms with van der Waals surface area (Å²) in [7, 11) is 0. The molecule has 4 N–H and O–H groups in total. The van der Waals surface area contributed by atoms with Crippen LogP contribution in [0.5, 0.6) is 5.75 Å². The maximum atomic E-state index is 14.4. The second-order valence-corrected chi connectivity index (χ2v) is 15.8. The van der Waals surface area contributed by atoms with Crippen molar-refractivity contribution in [1.82, 2.24) is 4.90 Å². The quantitative estimate of drug-likeness (QED) is 0.183. The fraction of sp³-hybridized carbons (Fsp3) is 0.605. The van der Waals surface area contributed by atoms with E-state index in [4.69, 9.17) is 4.42 Å². The molecule has 0 radical (unpaired) electrons. The highest BCUT2D eigenvalue weighted by Crippen LogP contribution is 2.78. The average molecular weight is 686 g/mol. The fourth-order valence-corrected chi connectivity index (χ4v) is 11.1. The number of carbonyl (C=O) groups excluding carboxylic acids is 1. The average Bonchev–Trinajstić information content (AvgIpc) is 3.67. The van der Waals surface area contributed by atoms with E-state index in [2.05, 4.69) is 36.8 Å². The maximum Gasteiger partial charge on any atom is 0.573 e. The smallest absolute Gasteiger partial charge is 0.461 e. The Balaban J connectivity index is 1.24. The van der Waals surface area contributed by atoms with Crippen molar-refractivity contribution in [2.75, 3.05) is 19.7 Å². The molecule has 0 amide bonds. The minimum Gasteiger partial charge on any atom is -0.461 e. The number of aliphatic hydroxyl groups is 4. The van der Waals surface area contributed by atoms with Crippen LogP contribution in [-0.2, 0) is 6.54 Å². The van der Waals surface area contributed by atoms with Gasteiger partial charge in [0.25, 0.3) is 0 Å². The molecule has 1 aromatic carbocycles. The van der Waals surface area contributed by atoms with E-state index in [1.54, 1.807) is 12.1 Å². The van der Waals surface area contributed by atoms with Crippen LogP contribution in [0.4, 0.5) is 13.2 Å². The first kappa shape index (κ1) is 34.5. The highest BCUT2D eigenvalue weighted by atomic mass is 19.4. The molecule has 49 heavy (non-hydrogen) atoms. The van der Waals surface area contributed by atoms with Gasteiger partial charge in [-0.2, -0.15) is 0 Å². The first-order chi connectivity index (χ1) is 23.1. The van der Waals surface area contributed by atoms with Crippen LogP contribution in [0.2, 0.25) is 0 Å². The maximum absolute atomic E-state index is 14.4. The summed E-state index contributed by atoms with van der Waals surface area (Å²) >= 11 is 0. The number of furan rings is 1. The minimum absolute atomic E-state index is 0.0408. The number of Topliss-reactive ketones (excluding diaryl/α,β-unsaturated/α-hetero) is 1. The first-order valence-corrected chi connectivity index (χ1v) is 17.4. The van der Waals surface area contributed by atoms with Gasteiger partial charge >= 0.3 is 6.36 Å². The minimum atomic E-state index is -4.81. The van der Waals surface area contributed by atoms with Gasteiger partial charge in [0.05, 0.1) is 30.7 Å². The van der Waals surface area contributed by atoms with Gasteiger partial charge in [-0.3, -0.25) is 9.69 Å². The van der Waals surface area contributed by atoms with E-state index >= 15 is 0 Å². The van der Waals surface area contributed by atoms with Gasteiger partial charge in [0, 0.05) is 41.5 Å². The van der Waals surface area contributed by atoms with Crippen molar-refractivity contribution < 1.29 is 47.5 Å². The predicted octanol–water partition coefficient (Wildman–Crippen LogP) is 5.81. The zero-order valence-corrected chi connectivity index (χ0v) is 28.0. The zero-order chi connectivity index (χ0) is 35.0. The second kappa shape index (κ2) is 11.8. The largest absolute Gasteiger partial charge is 0.573 e. The van der Waals surface area contributed by atoms with Crippen molar-refractivity contribution in [3.05, 3.63) is 77.8 Å². The zero-order valence-electron chi connectivity index (χ0n) is 28.0. The topological polar surface area (TPSA) is 124 Å². The molecular formula is C38H46F3NO7. The number of aliphatic hydroxyl groups excluding tert-OH is 3. The standard InChI is InChI=1S/C38H46F3NO7/c1-33-12-9-25(44)18-35(33)15-16-37(28(19-35)32(46)29-4-3-17-48-29)30(33)10-13-34(2)31(37)11-14-36(34,47)23-42(21-26(45)22-43)20-24-5-7-27(8-6-24)49-38(39,40)41/h3-8,15-17,19,25-26,30-31,43-45,47H,9-14,18,20-23H2,1-2H3/t25?,26-,30+,31+,33+,34-,35-,36+,37+/m0/s1. The summed E-state index contributed by atoms with van der Waals surface area (Å²) in [6.07, 6.45) is 6.42. The van der Waals surface area contributed by atoms with E-state index in [0.29, 0.717) is 43.2 Å². The molecule has 1 aromatic heterocycles. The Morgan fingerprint density at radius 3 is 2.41 bits per heavy atom. The number of halogens is 3. The predicted molar refractivity (Wildman–Crippen MR) is 173 cm³/mol. The molecule has 11 heteroatoms. The highest BCUT2D eigenvalue weighted by Gasteiger charge is 2.74. The number of fused-ring (bicyclic) bond motifs is 1. The van der Waals surface area contributed by atoms with E-state index < -0.39 is 47.0 Å². The summed E-state index contributed by atoms with van der Waals surface area (Å²) in [6, 6.07) is 8.91. The SMILES string of the molecule is C[C@]12CC[C@H]3[C@]4(C=C[C@@]5(C=C4C(=O)c4ccco4)CC(O)CC[C@]35C)[C@@H]1CC[C@@]2(O)CN(Cc1ccc(OC(F)(F)F)cc1)C[C@H](O)CO. The molecule has 1 heterocycles. The van der Waals surface area contributed by atoms with E-state index in [1.807, 2.05) is 4.90 Å². The number of hydrogen-bond acceptors (Lipinski definition) is 8. The lowest BCUT2D eigenvalue weighted by Gasteiger charge is -2.71. The van der Waals surface area contributed by atoms with Crippen molar-refractivity contribution in [2.45, 2.75) is 89.5 Å². The second-order valence-electron chi connectivity index (χ2n) is 15.8. The molecule has 6 aliphatic carbocycles. The van der Waals surface area contributed by atoms with Crippen LogP contribution >= 0.6 is 0 Å². The number of allylic oxidation sites excluding steroid dienone is 4. The summed E-state index contributed by atoms with van der Waals surface area (Å²) in [5, 5.41) is 43.9. The van der Waals surface area contributed by atoms with E-state index in [9.17, 15) is 38.4 Å². The van der Waals surface area contributed by atoms with Gasteiger partial charge in [0.2, 0.25) is 5.78 Å². The van der Waals surface area contributed by atoms with Gasteiger partial charge in [0.15, 0.2) is 5.76 Å². The van der Waals surface area contributed by atoms with Crippen molar-refractivity contribution in [3.8, 4) is 5.75 Å². The molecule has 266 valence electrons. The number of rotatable bonds is 10. The third-order valence-corrected chi connectivity index (χ3v) is 13.4. The molecule has 9 atom stereocenters. The van der Waals surface area contributed by atoms with Crippen LogP contribution in [0.3, 0.4) is 0 Å². The summed E-state index contributed by atoms with van der Waals surface area (Å²) in [6.45, 7) is 4.36. The number of alkyl halides is 3. The molecule has 8 rings (SSSR count). The molecule has 2 bridgehead atoms.